The number of carboxylic acid groups (broad SMARTS) is 1. The van der Waals surface area contributed by atoms with Gasteiger partial charge in [-0.2, -0.15) is 0 Å². The van der Waals surface area contributed by atoms with Crippen LogP contribution in [0.2, 0.25) is 0 Å². The van der Waals surface area contributed by atoms with Crippen molar-refractivity contribution in [3.8, 4) is 0 Å². The number of carboxylic acids is 1. The smallest absolute Gasteiger partial charge is 0.331 e. The van der Waals surface area contributed by atoms with Gasteiger partial charge in [-0.25, -0.2) is 9.59 Å². The average Bonchev–Trinajstić information content (AvgIpc) is 2.20. The molecule has 1 rings (SSSR count). The lowest BCUT2D eigenvalue weighted by Crippen LogP contribution is -2.58. The minimum absolute atomic E-state index is 0.186. The van der Waals surface area contributed by atoms with Gasteiger partial charge in [0.15, 0.2) is 0 Å². The second-order valence-corrected chi connectivity index (χ2v) is 6.07. The summed E-state index contributed by atoms with van der Waals surface area (Å²) in [7, 11) is 0. The third-order valence-electron chi connectivity index (χ3n) is 3.18. The Labute approximate surface area is 107 Å². The van der Waals surface area contributed by atoms with Gasteiger partial charge in [-0.3, -0.25) is 0 Å². The van der Waals surface area contributed by atoms with Crippen LogP contribution in [0.4, 0.5) is 0 Å². The largest absolute Gasteiger partial charge is 0.478 e. The maximum atomic E-state index is 11.6. The maximum absolute atomic E-state index is 11.6. The van der Waals surface area contributed by atoms with Crippen LogP contribution in [0, 0.1) is 10.8 Å². The first-order valence-corrected chi connectivity index (χ1v) is 5.97. The molecule has 5 nitrogen and oxygen atoms in total. The summed E-state index contributed by atoms with van der Waals surface area (Å²) in [6.45, 7) is 9.63. The van der Waals surface area contributed by atoms with Gasteiger partial charge in [0, 0.05) is 36.1 Å². The number of hydrogen-bond acceptors (Lipinski definition) is 4. The molecule has 0 bridgehead atoms. The fraction of sp³-hybridized carbons (Fsp3) is 0.692. The lowest BCUT2D eigenvalue weighted by atomic mass is 9.69. The Morgan fingerprint density at radius 2 is 1.67 bits per heavy atom. The zero-order valence-corrected chi connectivity index (χ0v) is 11.3. The highest BCUT2D eigenvalue weighted by Crippen LogP contribution is 2.39. The first-order valence-electron chi connectivity index (χ1n) is 5.97. The van der Waals surface area contributed by atoms with E-state index in [4.69, 9.17) is 9.84 Å². The number of carbonyl (C=O) groups excluding carboxylic acids is 1. The van der Waals surface area contributed by atoms with Crippen molar-refractivity contribution in [3.05, 3.63) is 12.2 Å². The molecule has 1 aliphatic rings. The van der Waals surface area contributed by atoms with Crippen LogP contribution in [-0.2, 0) is 14.3 Å². The highest BCUT2D eigenvalue weighted by molar-refractivity contribution is 5.90. The van der Waals surface area contributed by atoms with Crippen molar-refractivity contribution in [1.29, 1.82) is 0 Å². The van der Waals surface area contributed by atoms with Crippen LogP contribution in [-0.4, -0.2) is 36.2 Å². The van der Waals surface area contributed by atoms with Crippen LogP contribution < -0.4 is 5.32 Å². The molecular weight excluding hydrogens is 234 g/mol. The number of esters is 1. The summed E-state index contributed by atoms with van der Waals surface area (Å²) < 4.78 is 5.44. The Bertz CT molecular complexity index is 355. The zero-order chi connectivity index (χ0) is 14.0. The van der Waals surface area contributed by atoms with Gasteiger partial charge in [-0.15, -0.1) is 0 Å². The van der Waals surface area contributed by atoms with E-state index in [0.717, 1.165) is 25.2 Å². The fourth-order valence-corrected chi connectivity index (χ4v) is 2.56. The molecule has 18 heavy (non-hydrogen) atoms. The molecule has 0 saturated carbocycles. The molecule has 0 amide bonds. The molecule has 1 saturated heterocycles. The molecule has 0 aromatic carbocycles. The van der Waals surface area contributed by atoms with E-state index < -0.39 is 11.9 Å². The number of rotatable bonds is 3. The van der Waals surface area contributed by atoms with E-state index in [1.807, 2.05) is 27.7 Å². The number of ether oxygens (including phenoxy) is 1. The molecule has 0 aliphatic carbocycles. The Hall–Kier alpha value is -1.36. The standard InChI is InChI=1S/C13H21NO4/c1-12(2)7-14-8-13(3,4)11(12)18-10(17)6-5-9(15)16/h5-6,11,14H,7-8H2,1-4H3,(H,15,16)/b6-5-. The van der Waals surface area contributed by atoms with Crippen LogP contribution in [0.5, 0.6) is 0 Å². The van der Waals surface area contributed by atoms with Gasteiger partial charge in [-0.1, -0.05) is 27.7 Å². The molecule has 0 aromatic rings. The topological polar surface area (TPSA) is 75.6 Å². The van der Waals surface area contributed by atoms with E-state index in [0.29, 0.717) is 0 Å². The summed E-state index contributed by atoms with van der Waals surface area (Å²) in [4.78, 5) is 21.9. The van der Waals surface area contributed by atoms with Crippen molar-refractivity contribution in [1.82, 2.24) is 5.32 Å². The lowest BCUT2D eigenvalue weighted by Gasteiger charge is -2.48. The van der Waals surface area contributed by atoms with Crippen molar-refractivity contribution in [2.75, 3.05) is 13.1 Å². The Morgan fingerprint density at radius 1 is 1.17 bits per heavy atom. The van der Waals surface area contributed by atoms with E-state index in [-0.39, 0.29) is 16.9 Å². The summed E-state index contributed by atoms with van der Waals surface area (Å²) in [6, 6.07) is 0. The van der Waals surface area contributed by atoms with E-state index in [2.05, 4.69) is 5.32 Å². The van der Waals surface area contributed by atoms with Gasteiger partial charge < -0.3 is 15.2 Å². The molecule has 102 valence electrons. The van der Waals surface area contributed by atoms with Crippen molar-refractivity contribution < 1.29 is 19.4 Å². The van der Waals surface area contributed by atoms with Crippen molar-refractivity contribution in [2.24, 2.45) is 10.8 Å². The molecule has 1 aliphatic heterocycles. The Morgan fingerprint density at radius 3 is 2.11 bits per heavy atom. The summed E-state index contributed by atoms with van der Waals surface area (Å²) in [5, 5.41) is 11.8. The molecular formula is C13H21NO4. The molecule has 0 radical (unpaired) electrons. The normalized spacial score (nSPS) is 22.9. The van der Waals surface area contributed by atoms with Crippen molar-refractivity contribution in [2.45, 2.75) is 33.8 Å². The molecule has 1 fully saturated rings. The van der Waals surface area contributed by atoms with Crippen LogP contribution in [0.3, 0.4) is 0 Å². The average molecular weight is 255 g/mol. The Balaban J connectivity index is 2.78. The highest BCUT2D eigenvalue weighted by atomic mass is 16.5. The number of hydrogen-bond donors (Lipinski definition) is 2. The first kappa shape index (κ1) is 14.7. The molecule has 0 aromatic heterocycles. The number of nitrogens with one attached hydrogen (secondary N) is 1. The monoisotopic (exact) mass is 255 g/mol. The van der Waals surface area contributed by atoms with Crippen LogP contribution >= 0.6 is 0 Å². The minimum Gasteiger partial charge on any atom is -0.478 e. The van der Waals surface area contributed by atoms with Crippen LogP contribution in [0.1, 0.15) is 27.7 Å². The van der Waals surface area contributed by atoms with Crippen LogP contribution in [0.15, 0.2) is 12.2 Å². The maximum Gasteiger partial charge on any atom is 0.331 e. The van der Waals surface area contributed by atoms with Gasteiger partial charge in [0.05, 0.1) is 0 Å². The molecule has 0 spiro atoms. The third kappa shape index (κ3) is 3.57. The Kier molecular flexibility index (Phi) is 4.16. The lowest BCUT2D eigenvalue weighted by molar-refractivity contribution is -0.163. The molecule has 0 unspecified atom stereocenters. The minimum atomic E-state index is -1.16. The van der Waals surface area contributed by atoms with Gasteiger partial charge in [0.1, 0.15) is 6.10 Å². The SMILES string of the molecule is CC1(C)CNCC(C)(C)C1OC(=O)/C=C\C(=O)O. The van der Waals surface area contributed by atoms with E-state index >= 15 is 0 Å². The predicted molar refractivity (Wildman–Crippen MR) is 67.1 cm³/mol. The van der Waals surface area contributed by atoms with Crippen molar-refractivity contribution >= 4 is 11.9 Å². The van der Waals surface area contributed by atoms with Gasteiger partial charge >= 0.3 is 11.9 Å². The van der Waals surface area contributed by atoms with E-state index in [1.165, 1.54) is 0 Å². The van der Waals surface area contributed by atoms with Gasteiger partial charge in [-0.05, 0) is 0 Å². The summed E-state index contributed by atoms with van der Waals surface area (Å²) in [5.74, 6) is -1.76. The van der Waals surface area contributed by atoms with Crippen LogP contribution in [0.25, 0.3) is 0 Å². The summed E-state index contributed by atoms with van der Waals surface area (Å²) >= 11 is 0. The molecule has 2 N–H and O–H groups in total. The van der Waals surface area contributed by atoms with Gasteiger partial charge in [0.2, 0.25) is 0 Å². The first-order chi connectivity index (χ1) is 8.15. The highest BCUT2D eigenvalue weighted by Gasteiger charge is 2.46. The summed E-state index contributed by atoms with van der Waals surface area (Å²) in [5.41, 5.74) is -0.372. The second kappa shape index (κ2) is 5.10. The van der Waals surface area contributed by atoms with E-state index in [1.54, 1.807) is 0 Å². The zero-order valence-electron chi connectivity index (χ0n) is 11.3. The number of carbonyl (C=O) groups is 2. The van der Waals surface area contributed by atoms with Gasteiger partial charge in [0.25, 0.3) is 0 Å². The number of piperidine rings is 1. The quantitative estimate of drug-likeness (QED) is 0.585. The van der Waals surface area contributed by atoms with E-state index in [9.17, 15) is 9.59 Å². The van der Waals surface area contributed by atoms with Crippen molar-refractivity contribution in [3.63, 3.8) is 0 Å². The number of aliphatic carboxylic acids is 1. The molecule has 1 heterocycles. The molecule has 5 heteroatoms. The molecule has 0 atom stereocenters. The predicted octanol–water partition coefficient (Wildman–Crippen LogP) is 1.19. The third-order valence-corrected chi connectivity index (χ3v) is 3.18. The fourth-order valence-electron chi connectivity index (χ4n) is 2.56. The summed E-state index contributed by atoms with van der Waals surface area (Å²) in [6.07, 6.45) is 1.50. The second-order valence-electron chi connectivity index (χ2n) is 6.07.